The summed E-state index contributed by atoms with van der Waals surface area (Å²) in [5, 5.41) is 5.17. The highest BCUT2D eigenvalue weighted by molar-refractivity contribution is 6.03. The zero-order valence-electron chi connectivity index (χ0n) is 31.1. The van der Waals surface area contributed by atoms with Crippen molar-refractivity contribution in [2.45, 2.75) is 68.2 Å². The van der Waals surface area contributed by atoms with Gasteiger partial charge in [-0.15, -0.1) is 6.42 Å². The molecule has 10 rings (SSSR count). The minimum Gasteiger partial charge on any atom is -0.477 e. The van der Waals surface area contributed by atoms with E-state index in [0.717, 1.165) is 31.3 Å². The SMILES string of the molecule is C#Cc1c(F)ccc2cccc(-c3nc4c5c(nc(OC[C@@]67CC[C@@H](COC(=O)N8CCOCC8)N6CC(=C)C7)nc5c3F)N3CC5CCC(N5)C3CCO4)c12. The van der Waals surface area contributed by atoms with E-state index in [-0.39, 0.29) is 72.1 Å². The zero-order valence-corrected chi connectivity index (χ0v) is 31.1. The molecule has 5 fully saturated rings. The average Bonchev–Trinajstić information content (AvgIpc) is 3.87. The van der Waals surface area contributed by atoms with Gasteiger partial charge in [0.25, 0.3) is 0 Å². The highest BCUT2D eigenvalue weighted by Crippen LogP contribution is 2.46. The standard InChI is InChI=1S/C42H43F2N7O5/c1-3-28-30(43)9-7-25-5-4-6-29(33(25)28)36-35(44)37-34-38(50-21-26-8-10-31(45-26)32(50)12-16-54-39(34)46-36)48-40(47-37)56-23-42-13-11-27(51(42)20-24(2)19-42)22-55-41(52)49-14-17-53-18-15-49/h1,4-7,9,26-27,31-32,45H,2,8,10-23H2/t26?,27-,31?,32?,42-/m0/s1. The Morgan fingerprint density at radius 2 is 1.95 bits per heavy atom. The third-order valence-corrected chi connectivity index (χ3v) is 12.7. The maximum Gasteiger partial charge on any atom is 0.409 e. The molecule has 1 N–H and O–H groups in total. The molecule has 14 heteroatoms. The Bertz CT molecular complexity index is 2310. The maximum atomic E-state index is 17.4. The number of carbonyl (C=O) groups excluding carboxylic acids is 1. The molecule has 4 aromatic rings. The fraction of sp³-hybridized carbons (Fsp3) is 0.476. The second-order valence-electron chi connectivity index (χ2n) is 15.9. The van der Waals surface area contributed by atoms with E-state index in [1.165, 1.54) is 6.07 Å². The number of aromatic nitrogens is 3. The monoisotopic (exact) mass is 763 g/mol. The van der Waals surface area contributed by atoms with E-state index in [1.807, 2.05) is 0 Å². The molecule has 2 bridgehead atoms. The molecule has 290 valence electrons. The quantitative estimate of drug-likeness (QED) is 0.207. The van der Waals surface area contributed by atoms with Crippen LogP contribution in [0.3, 0.4) is 0 Å². The van der Waals surface area contributed by atoms with Crippen LogP contribution in [-0.2, 0) is 9.47 Å². The molecule has 5 saturated heterocycles. The maximum absolute atomic E-state index is 17.4. The molecule has 3 unspecified atom stereocenters. The first-order valence-electron chi connectivity index (χ1n) is 19.6. The molecule has 1 amide bonds. The number of morpholine rings is 1. The van der Waals surface area contributed by atoms with Gasteiger partial charge in [0.05, 0.1) is 30.9 Å². The lowest BCUT2D eigenvalue weighted by Crippen LogP contribution is -2.59. The normalized spacial score (nSPS) is 27.1. The summed E-state index contributed by atoms with van der Waals surface area (Å²) in [6.45, 7) is 8.57. The first kappa shape index (κ1) is 35.3. The summed E-state index contributed by atoms with van der Waals surface area (Å²) in [6, 6.07) is 8.82. The van der Waals surface area contributed by atoms with E-state index in [0.29, 0.717) is 86.4 Å². The first-order chi connectivity index (χ1) is 27.3. The summed E-state index contributed by atoms with van der Waals surface area (Å²) in [5.41, 5.74) is 0.986. The number of carbonyl (C=O) groups is 1. The van der Waals surface area contributed by atoms with E-state index in [4.69, 9.17) is 40.3 Å². The van der Waals surface area contributed by atoms with Crippen LogP contribution in [0.25, 0.3) is 32.9 Å². The molecular formula is C42H43F2N7O5. The lowest BCUT2D eigenvalue weighted by atomic mass is 9.94. The number of fused-ring (bicyclic) bond motifs is 7. The van der Waals surface area contributed by atoms with Crippen LogP contribution in [0, 0.1) is 24.0 Å². The van der Waals surface area contributed by atoms with Crippen molar-refractivity contribution >= 4 is 33.6 Å². The fourth-order valence-corrected chi connectivity index (χ4v) is 10.1. The number of pyridine rings is 1. The Labute approximate surface area is 323 Å². The van der Waals surface area contributed by atoms with Gasteiger partial charge in [0.2, 0.25) is 5.88 Å². The number of amides is 1. The van der Waals surface area contributed by atoms with Crippen LogP contribution in [0.5, 0.6) is 11.9 Å². The molecule has 12 nitrogen and oxygen atoms in total. The van der Waals surface area contributed by atoms with Gasteiger partial charge in [0, 0.05) is 67.7 Å². The molecule has 0 saturated carbocycles. The van der Waals surface area contributed by atoms with Crippen LogP contribution < -0.4 is 19.7 Å². The largest absolute Gasteiger partial charge is 0.477 e. The molecule has 5 atom stereocenters. The van der Waals surface area contributed by atoms with Crippen molar-refractivity contribution in [3.05, 3.63) is 59.7 Å². The molecule has 2 aromatic carbocycles. The van der Waals surface area contributed by atoms with Gasteiger partial charge in [0.15, 0.2) is 5.82 Å². The Balaban J connectivity index is 1.03. The predicted octanol–water partition coefficient (Wildman–Crippen LogP) is 5.21. The van der Waals surface area contributed by atoms with Crippen molar-refractivity contribution in [2.75, 3.05) is 64.1 Å². The van der Waals surface area contributed by atoms with Gasteiger partial charge >= 0.3 is 12.1 Å². The van der Waals surface area contributed by atoms with Gasteiger partial charge < -0.3 is 34.1 Å². The summed E-state index contributed by atoms with van der Waals surface area (Å²) in [4.78, 5) is 33.7. The number of piperazine rings is 1. The molecule has 6 aliphatic heterocycles. The van der Waals surface area contributed by atoms with Crippen LogP contribution in [0.15, 0.2) is 42.5 Å². The van der Waals surface area contributed by atoms with Gasteiger partial charge in [-0.25, -0.2) is 18.6 Å². The number of anilines is 1. The summed E-state index contributed by atoms with van der Waals surface area (Å²) < 4.78 is 56.6. The Kier molecular flexibility index (Phi) is 8.72. The number of hydrogen-bond donors (Lipinski definition) is 1. The molecule has 2 aromatic heterocycles. The molecule has 56 heavy (non-hydrogen) atoms. The number of terminal acetylenes is 1. The highest BCUT2D eigenvalue weighted by Gasteiger charge is 2.52. The topological polar surface area (TPSA) is 114 Å². The van der Waals surface area contributed by atoms with Gasteiger partial charge in [0.1, 0.15) is 41.4 Å². The Morgan fingerprint density at radius 3 is 2.80 bits per heavy atom. The van der Waals surface area contributed by atoms with Crippen LogP contribution in [0.4, 0.5) is 19.4 Å². The van der Waals surface area contributed by atoms with E-state index in [2.05, 4.69) is 27.6 Å². The average molecular weight is 764 g/mol. The van der Waals surface area contributed by atoms with Crippen LogP contribution in [0.1, 0.15) is 44.1 Å². The van der Waals surface area contributed by atoms with E-state index in [9.17, 15) is 4.79 Å². The second-order valence-corrected chi connectivity index (χ2v) is 15.9. The molecule has 6 aliphatic rings. The number of benzene rings is 2. The molecular weight excluding hydrogens is 721 g/mol. The molecule has 0 radical (unpaired) electrons. The number of rotatable bonds is 6. The van der Waals surface area contributed by atoms with Crippen molar-refractivity contribution in [3.63, 3.8) is 0 Å². The van der Waals surface area contributed by atoms with Crippen molar-refractivity contribution in [1.82, 2.24) is 30.1 Å². The van der Waals surface area contributed by atoms with E-state index in [1.54, 1.807) is 29.2 Å². The second kappa shape index (κ2) is 13.8. The summed E-state index contributed by atoms with van der Waals surface area (Å²) >= 11 is 0. The lowest BCUT2D eigenvalue weighted by molar-refractivity contribution is 0.0139. The fourth-order valence-electron chi connectivity index (χ4n) is 10.1. The third kappa shape index (κ3) is 5.82. The smallest absolute Gasteiger partial charge is 0.409 e. The lowest BCUT2D eigenvalue weighted by Gasteiger charge is -2.43. The van der Waals surface area contributed by atoms with Crippen LogP contribution >= 0.6 is 0 Å². The van der Waals surface area contributed by atoms with Crippen molar-refractivity contribution in [3.8, 4) is 35.5 Å². The summed E-state index contributed by atoms with van der Waals surface area (Å²) in [5.74, 6) is 1.92. The summed E-state index contributed by atoms with van der Waals surface area (Å²) in [7, 11) is 0. The minimum absolute atomic E-state index is 0.00455. The Hall–Kier alpha value is -5.10. The first-order valence-corrected chi connectivity index (χ1v) is 19.6. The zero-order chi connectivity index (χ0) is 38.1. The number of hydrogen-bond acceptors (Lipinski definition) is 11. The van der Waals surface area contributed by atoms with Crippen LogP contribution in [0.2, 0.25) is 0 Å². The predicted molar refractivity (Wildman–Crippen MR) is 205 cm³/mol. The van der Waals surface area contributed by atoms with Gasteiger partial charge in [-0.3, -0.25) is 4.90 Å². The number of nitrogens with one attached hydrogen (secondary N) is 1. The summed E-state index contributed by atoms with van der Waals surface area (Å²) in [6.07, 6.45) is 10.6. The van der Waals surface area contributed by atoms with Crippen molar-refractivity contribution in [2.24, 2.45) is 0 Å². The number of nitrogens with zero attached hydrogens (tertiary/aromatic N) is 6. The molecule has 0 spiro atoms. The van der Waals surface area contributed by atoms with Gasteiger partial charge in [-0.2, -0.15) is 9.97 Å². The van der Waals surface area contributed by atoms with Crippen molar-refractivity contribution < 1.29 is 32.5 Å². The minimum atomic E-state index is -0.701. The Morgan fingerprint density at radius 1 is 1.07 bits per heavy atom. The number of ether oxygens (including phenoxy) is 4. The van der Waals surface area contributed by atoms with Gasteiger partial charge in [-0.1, -0.05) is 42.3 Å². The molecule has 0 aliphatic carbocycles. The van der Waals surface area contributed by atoms with Crippen LogP contribution in [-0.4, -0.2) is 120 Å². The van der Waals surface area contributed by atoms with E-state index >= 15 is 8.78 Å². The third-order valence-electron chi connectivity index (χ3n) is 12.7. The van der Waals surface area contributed by atoms with E-state index < -0.39 is 17.2 Å². The van der Waals surface area contributed by atoms with Gasteiger partial charge in [-0.05, 0) is 43.6 Å². The highest BCUT2D eigenvalue weighted by atomic mass is 19.1. The molecule has 8 heterocycles. The van der Waals surface area contributed by atoms with Crippen molar-refractivity contribution in [1.29, 1.82) is 0 Å². The number of halogens is 2.